The van der Waals surface area contributed by atoms with Crippen molar-refractivity contribution < 1.29 is 4.92 Å². The number of nitro benzene ring substituents is 1. The first kappa shape index (κ1) is 13.8. The summed E-state index contributed by atoms with van der Waals surface area (Å²) in [6.07, 6.45) is 1.55. The normalized spacial score (nSPS) is 10.2. The molecule has 2 aromatic rings. The van der Waals surface area contributed by atoms with Crippen LogP contribution in [0.3, 0.4) is 0 Å². The Bertz CT molecular complexity index is 604. The van der Waals surface area contributed by atoms with Crippen LogP contribution < -0.4 is 5.32 Å². The number of nitrogens with zero attached hydrogens (tertiary/aromatic N) is 2. The zero-order chi connectivity index (χ0) is 13.8. The third-order valence-electron chi connectivity index (χ3n) is 2.41. The van der Waals surface area contributed by atoms with Crippen molar-refractivity contribution >= 4 is 39.0 Å². The summed E-state index contributed by atoms with van der Waals surface area (Å²) >= 11 is 9.15. The molecule has 5 nitrogen and oxygen atoms in total. The first-order chi connectivity index (χ1) is 9.06. The second-order valence-corrected chi connectivity index (χ2v) is 5.05. The van der Waals surface area contributed by atoms with Crippen LogP contribution in [0.5, 0.6) is 0 Å². The maximum absolute atomic E-state index is 10.5. The van der Waals surface area contributed by atoms with Gasteiger partial charge in [-0.15, -0.1) is 0 Å². The van der Waals surface area contributed by atoms with Crippen LogP contribution in [0, 0.1) is 10.1 Å². The maximum Gasteiger partial charge on any atom is 0.269 e. The fraction of sp³-hybridized carbons (Fsp3) is 0.0833. The Morgan fingerprint density at radius 2 is 2.05 bits per heavy atom. The van der Waals surface area contributed by atoms with Gasteiger partial charge in [-0.1, -0.05) is 23.7 Å². The van der Waals surface area contributed by atoms with E-state index in [1.165, 1.54) is 12.1 Å². The van der Waals surface area contributed by atoms with Crippen LogP contribution in [0.2, 0.25) is 5.02 Å². The van der Waals surface area contributed by atoms with Crippen LogP contribution >= 0.6 is 27.5 Å². The van der Waals surface area contributed by atoms with E-state index in [-0.39, 0.29) is 5.69 Å². The number of pyridine rings is 1. The van der Waals surface area contributed by atoms with E-state index >= 15 is 0 Å². The number of non-ortho nitro benzene ring substituents is 1. The number of anilines is 1. The minimum Gasteiger partial charge on any atom is -0.365 e. The first-order valence-electron chi connectivity index (χ1n) is 5.34. The van der Waals surface area contributed by atoms with Gasteiger partial charge >= 0.3 is 0 Å². The number of hydrogen-bond acceptors (Lipinski definition) is 4. The molecule has 1 aromatic carbocycles. The lowest BCUT2D eigenvalue weighted by atomic mass is 10.2. The van der Waals surface area contributed by atoms with Crippen molar-refractivity contribution in [3.63, 3.8) is 0 Å². The molecular formula is C12H9BrClN3O2. The number of nitro groups is 1. The Morgan fingerprint density at radius 3 is 2.63 bits per heavy atom. The Hall–Kier alpha value is -1.66. The summed E-state index contributed by atoms with van der Waals surface area (Å²) in [6, 6.07) is 8.10. The Morgan fingerprint density at radius 1 is 1.37 bits per heavy atom. The van der Waals surface area contributed by atoms with Gasteiger partial charge in [0.25, 0.3) is 5.69 Å². The van der Waals surface area contributed by atoms with Gasteiger partial charge in [0.15, 0.2) is 0 Å². The molecule has 0 atom stereocenters. The topological polar surface area (TPSA) is 68.1 Å². The Kier molecular flexibility index (Phi) is 4.34. The van der Waals surface area contributed by atoms with Crippen molar-refractivity contribution in [2.75, 3.05) is 5.32 Å². The molecule has 1 aromatic heterocycles. The molecule has 0 spiro atoms. The number of halogens is 2. The van der Waals surface area contributed by atoms with Crippen molar-refractivity contribution in [3.8, 4) is 0 Å². The molecule has 98 valence electrons. The lowest BCUT2D eigenvalue weighted by molar-refractivity contribution is -0.384. The zero-order valence-corrected chi connectivity index (χ0v) is 12.0. The van der Waals surface area contributed by atoms with Gasteiger partial charge < -0.3 is 5.32 Å². The molecule has 0 unspecified atom stereocenters. The fourth-order valence-electron chi connectivity index (χ4n) is 1.47. The summed E-state index contributed by atoms with van der Waals surface area (Å²) in [6.45, 7) is 0.519. The van der Waals surface area contributed by atoms with Crippen molar-refractivity contribution in [1.29, 1.82) is 0 Å². The molecule has 2 rings (SSSR count). The van der Waals surface area contributed by atoms with Crippen molar-refractivity contribution in [2.24, 2.45) is 0 Å². The summed E-state index contributed by atoms with van der Waals surface area (Å²) in [5.41, 5.74) is 1.00. The van der Waals surface area contributed by atoms with Gasteiger partial charge in [0, 0.05) is 24.9 Å². The van der Waals surface area contributed by atoms with Crippen LogP contribution in [0.15, 0.2) is 41.0 Å². The number of aromatic nitrogens is 1. The predicted molar refractivity (Wildman–Crippen MR) is 77.4 cm³/mol. The minimum absolute atomic E-state index is 0.0783. The first-order valence-corrected chi connectivity index (χ1v) is 6.51. The van der Waals surface area contributed by atoms with E-state index in [1.54, 1.807) is 24.4 Å². The highest BCUT2D eigenvalue weighted by molar-refractivity contribution is 9.10. The second-order valence-electron chi connectivity index (χ2n) is 3.76. The minimum atomic E-state index is -0.422. The van der Waals surface area contributed by atoms with Crippen molar-refractivity contribution in [2.45, 2.75) is 6.54 Å². The molecule has 0 radical (unpaired) electrons. The highest BCUT2D eigenvalue weighted by Crippen LogP contribution is 2.23. The van der Waals surface area contributed by atoms with Crippen LogP contribution in [0.1, 0.15) is 5.56 Å². The van der Waals surface area contributed by atoms with Crippen LogP contribution in [0.25, 0.3) is 0 Å². The molecule has 0 aliphatic heterocycles. The molecule has 0 saturated heterocycles. The van der Waals surface area contributed by atoms with E-state index in [4.69, 9.17) is 11.6 Å². The summed E-state index contributed by atoms with van der Waals surface area (Å²) in [7, 11) is 0. The monoisotopic (exact) mass is 341 g/mol. The largest absolute Gasteiger partial charge is 0.365 e. The molecule has 19 heavy (non-hydrogen) atoms. The Balaban J connectivity index is 2.04. The molecule has 1 N–H and O–H groups in total. The third-order valence-corrected chi connectivity index (χ3v) is 3.23. The van der Waals surface area contributed by atoms with E-state index in [0.717, 1.165) is 10.0 Å². The summed E-state index contributed by atoms with van der Waals surface area (Å²) in [4.78, 5) is 14.2. The average Bonchev–Trinajstić information content (AvgIpc) is 2.38. The molecule has 0 aliphatic rings. The van der Waals surface area contributed by atoms with Gasteiger partial charge in [-0.05, 0) is 27.6 Å². The van der Waals surface area contributed by atoms with E-state index in [0.29, 0.717) is 17.4 Å². The fourth-order valence-corrected chi connectivity index (χ4v) is 2.24. The van der Waals surface area contributed by atoms with Gasteiger partial charge in [-0.25, -0.2) is 4.98 Å². The maximum atomic E-state index is 10.5. The molecule has 0 amide bonds. The van der Waals surface area contributed by atoms with E-state index < -0.39 is 4.92 Å². The van der Waals surface area contributed by atoms with Gasteiger partial charge in [0.05, 0.1) is 14.4 Å². The van der Waals surface area contributed by atoms with E-state index in [2.05, 4.69) is 26.2 Å². The van der Waals surface area contributed by atoms with Gasteiger partial charge in [0.2, 0.25) is 0 Å². The number of hydrogen-bond donors (Lipinski definition) is 1. The molecule has 0 saturated carbocycles. The highest BCUT2D eigenvalue weighted by atomic mass is 79.9. The zero-order valence-electron chi connectivity index (χ0n) is 9.64. The SMILES string of the molecule is O=[N+]([O-])c1ccc(CNc2ncc(Cl)cc2Br)cc1. The number of benzene rings is 1. The van der Waals surface area contributed by atoms with Crippen molar-refractivity contribution in [1.82, 2.24) is 4.98 Å². The molecular weight excluding hydrogens is 334 g/mol. The molecule has 1 heterocycles. The third kappa shape index (κ3) is 3.65. The van der Waals surface area contributed by atoms with Crippen LogP contribution in [0.4, 0.5) is 11.5 Å². The standard InChI is InChI=1S/C12H9BrClN3O2/c13-11-5-9(14)7-16-12(11)15-6-8-1-3-10(4-2-8)17(18)19/h1-5,7H,6H2,(H,15,16). The van der Waals surface area contributed by atoms with Crippen molar-refractivity contribution in [3.05, 3.63) is 61.7 Å². The van der Waals surface area contributed by atoms with Crippen LogP contribution in [-0.4, -0.2) is 9.91 Å². The second kappa shape index (κ2) is 5.99. The van der Waals surface area contributed by atoms with Gasteiger partial charge in [-0.2, -0.15) is 0 Å². The highest BCUT2D eigenvalue weighted by Gasteiger charge is 2.05. The predicted octanol–water partition coefficient (Wildman–Crippen LogP) is 4.02. The van der Waals surface area contributed by atoms with E-state index in [1.807, 2.05) is 0 Å². The summed E-state index contributed by atoms with van der Waals surface area (Å²) < 4.78 is 0.766. The number of rotatable bonds is 4. The lowest BCUT2D eigenvalue weighted by Crippen LogP contribution is -2.02. The molecule has 0 fully saturated rings. The average molecular weight is 343 g/mol. The molecule has 0 bridgehead atoms. The molecule has 0 aliphatic carbocycles. The smallest absolute Gasteiger partial charge is 0.269 e. The summed E-state index contributed by atoms with van der Waals surface area (Å²) in [5, 5.41) is 14.2. The van der Waals surface area contributed by atoms with Crippen LogP contribution in [-0.2, 0) is 6.54 Å². The quantitative estimate of drug-likeness (QED) is 0.673. The van der Waals surface area contributed by atoms with Gasteiger partial charge in [-0.3, -0.25) is 10.1 Å². The molecule has 7 heteroatoms. The number of nitrogens with one attached hydrogen (secondary N) is 1. The Labute approximate surface area is 122 Å². The summed E-state index contributed by atoms with van der Waals surface area (Å²) in [5.74, 6) is 0.669. The van der Waals surface area contributed by atoms with E-state index in [9.17, 15) is 10.1 Å². The van der Waals surface area contributed by atoms with Gasteiger partial charge in [0.1, 0.15) is 5.82 Å². The lowest BCUT2D eigenvalue weighted by Gasteiger charge is -2.07.